The largest absolute Gasteiger partial charge is 0.453 e. The van der Waals surface area contributed by atoms with Gasteiger partial charge in [0.15, 0.2) is 22.3 Å². The number of fused-ring (bicyclic) bond motifs is 14. The molecule has 10 rings (SSSR count). The van der Waals surface area contributed by atoms with E-state index in [1.54, 1.807) is 22.7 Å². The standard InChI is InChI=1S/C35H21NO3S2/c1-16-4-8-19(9-5-16)36-28-22-14-25-23(30-33(38-25)35-31(39-30)21-11-7-18(3)13-27(21)41-35)15-24(22)37-32(28)34-29(36)20-10-6-17(2)12-26(20)40-34/h4-15H,1-3H3. The first-order valence-electron chi connectivity index (χ1n) is 13.7. The molecule has 0 aliphatic heterocycles. The maximum atomic E-state index is 6.73. The van der Waals surface area contributed by atoms with Crippen molar-refractivity contribution in [2.24, 2.45) is 0 Å². The van der Waals surface area contributed by atoms with Crippen LogP contribution in [0.2, 0.25) is 0 Å². The number of hydrogen-bond acceptors (Lipinski definition) is 5. The summed E-state index contributed by atoms with van der Waals surface area (Å²) in [5.74, 6) is 0. The Kier molecular flexibility index (Phi) is 4.01. The van der Waals surface area contributed by atoms with Crippen LogP contribution in [0.4, 0.5) is 0 Å². The Morgan fingerprint density at radius 1 is 0.488 bits per heavy atom. The molecule has 0 amide bonds. The third kappa shape index (κ3) is 2.79. The molecule has 6 aromatic heterocycles. The number of furan rings is 3. The van der Waals surface area contributed by atoms with Gasteiger partial charge in [-0.05, 0) is 74.4 Å². The zero-order valence-corrected chi connectivity index (χ0v) is 24.0. The van der Waals surface area contributed by atoms with Crippen LogP contribution >= 0.6 is 22.7 Å². The molecule has 6 heteroatoms. The highest BCUT2D eigenvalue weighted by molar-refractivity contribution is 7.27. The zero-order chi connectivity index (χ0) is 27.1. The topological polar surface area (TPSA) is 44.4 Å². The fourth-order valence-corrected chi connectivity index (χ4v) is 8.92. The number of aryl methyl sites for hydroxylation is 3. The fourth-order valence-electron chi connectivity index (χ4n) is 6.44. The number of aromatic nitrogens is 1. The highest BCUT2D eigenvalue weighted by atomic mass is 32.1. The van der Waals surface area contributed by atoms with Gasteiger partial charge in [0.1, 0.15) is 21.4 Å². The van der Waals surface area contributed by atoms with Crippen molar-refractivity contribution in [2.45, 2.75) is 20.8 Å². The molecular weight excluding hydrogens is 547 g/mol. The number of benzene rings is 4. The summed E-state index contributed by atoms with van der Waals surface area (Å²) in [5.41, 5.74) is 12.2. The summed E-state index contributed by atoms with van der Waals surface area (Å²) in [4.78, 5) is 0. The van der Waals surface area contributed by atoms with Crippen LogP contribution in [0.25, 0.3) is 90.6 Å². The Labute approximate surface area is 240 Å². The van der Waals surface area contributed by atoms with E-state index in [2.05, 4.69) is 98.1 Å². The molecule has 0 radical (unpaired) electrons. The number of thiophene rings is 2. The van der Waals surface area contributed by atoms with Crippen molar-refractivity contribution in [1.29, 1.82) is 0 Å². The molecule has 41 heavy (non-hydrogen) atoms. The van der Waals surface area contributed by atoms with E-state index >= 15 is 0 Å². The van der Waals surface area contributed by atoms with Crippen molar-refractivity contribution >= 4 is 108 Å². The molecule has 0 unspecified atom stereocenters. The molecule has 0 bridgehead atoms. The van der Waals surface area contributed by atoms with Gasteiger partial charge in [-0.2, -0.15) is 0 Å². The third-order valence-corrected chi connectivity index (χ3v) is 10.7. The van der Waals surface area contributed by atoms with Gasteiger partial charge in [0.2, 0.25) is 0 Å². The molecule has 0 saturated heterocycles. The maximum absolute atomic E-state index is 6.73. The van der Waals surface area contributed by atoms with Crippen LogP contribution in [0.1, 0.15) is 16.7 Å². The van der Waals surface area contributed by atoms with Gasteiger partial charge in [-0.3, -0.25) is 0 Å². The van der Waals surface area contributed by atoms with Gasteiger partial charge in [0.25, 0.3) is 0 Å². The van der Waals surface area contributed by atoms with Crippen molar-refractivity contribution in [3.8, 4) is 5.69 Å². The summed E-state index contributed by atoms with van der Waals surface area (Å²) < 4.78 is 26.9. The van der Waals surface area contributed by atoms with Crippen LogP contribution < -0.4 is 0 Å². The lowest BCUT2D eigenvalue weighted by atomic mass is 10.1. The van der Waals surface area contributed by atoms with Gasteiger partial charge >= 0.3 is 0 Å². The minimum Gasteiger partial charge on any atom is -0.453 e. The monoisotopic (exact) mass is 567 g/mol. The minimum atomic E-state index is 0.788. The van der Waals surface area contributed by atoms with Gasteiger partial charge < -0.3 is 17.8 Å². The summed E-state index contributed by atoms with van der Waals surface area (Å²) in [5, 5.41) is 4.36. The van der Waals surface area contributed by atoms with Gasteiger partial charge in [-0.15, -0.1) is 22.7 Å². The predicted octanol–water partition coefficient (Wildman–Crippen LogP) is 11.5. The Balaban J connectivity index is 1.33. The lowest BCUT2D eigenvalue weighted by molar-refractivity contribution is 0.654. The molecule has 0 saturated carbocycles. The summed E-state index contributed by atoms with van der Waals surface area (Å²) in [7, 11) is 0. The van der Waals surface area contributed by atoms with Crippen molar-refractivity contribution in [2.75, 3.05) is 0 Å². The molecular formula is C35H21NO3S2. The first kappa shape index (κ1) is 22.2. The molecule has 0 spiro atoms. The van der Waals surface area contributed by atoms with Crippen molar-refractivity contribution in [3.63, 3.8) is 0 Å². The van der Waals surface area contributed by atoms with E-state index in [1.165, 1.54) is 41.7 Å². The van der Waals surface area contributed by atoms with Crippen LogP contribution in [0.3, 0.4) is 0 Å². The van der Waals surface area contributed by atoms with E-state index in [9.17, 15) is 0 Å². The highest BCUT2D eigenvalue weighted by Crippen LogP contribution is 2.49. The van der Waals surface area contributed by atoms with E-state index < -0.39 is 0 Å². The molecule has 0 aliphatic carbocycles. The predicted molar refractivity (Wildman–Crippen MR) is 173 cm³/mol. The normalized spacial score (nSPS) is 12.8. The smallest absolute Gasteiger partial charge is 0.191 e. The minimum absolute atomic E-state index is 0.788. The Morgan fingerprint density at radius 3 is 1.93 bits per heavy atom. The van der Waals surface area contributed by atoms with Crippen LogP contribution in [0, 0.1) is 20.8 Å². The summed E-state index contributed by atoms with van der Waals surface area (Å²) in [6.45, 7) is 6.39. The zero-order valence-electron chi connectivity index (χ0n) is 22.4. The molecule has 6 heterocycles. The van der Waals surface area contributed by atoms with Gasteiger partial charge in [0.05, 0.1) is 15.6 Å². The van der Waals surface area contributed by atoms with E-state index in [0.717, 1.165) is 65.6 Å². The van der Waals surface area contributed by atoms with Crippen molar-refractivity contribution in [1.82, 2.24) is 4.57 Å². The van der Waals surface area contributed by atoms with Crippen LogP contribution in [-0.2, 0) is 0 Å². The van der Waals surface area contributed by atoms with Crippen LogP contribution in [0.15, 0.2) is 86.0 Å². The lowest BCUT2D eigenvalue weighted by Gasteiger charge is -2.08. The van der Waals surface area contributed by atoms with Crippen LogP contribution in [-0.4, -0.2) is 4.57 Å². The molecule has 196 valence electrons. The molecule has 0 aliphatic rings. The van der Waals surface area contributed by atoms with E-state index in [1.807, 2.05) is 0 Å². The molecule has 4 nitrogen and oxygen atoms in total. The summed E-state index contributed by atoms with van der Waals surface area (Å²) in [6, 6.07) is 26.2. The molecule has 0 atom stereocenters. The number of nitrogens with zero attached hydrogens (tertiary/aromatic N) is 1. The molecule has 4 aromatic carbocycles. The quantitative estimate of drug-likeness (QED) is 0.198. The van der Waals surface area contributed by atoms with E-state index in [0.29, 0.717) is 0 Å². The van der Waals surface area contributed by atoms with E-state index in [4.69, 9.17) is 13.3 Å². The van der Waals surface area contributed by atoms with Gasteiger partial charge in [-0.1, -0.05) is 35.9 Å². The Bertz CT molecular complexity index is 2720. The molecule has 10 aromatic rings. The van der Waals surface area contributed by atoms with Crippen LogP contribution in [0.5, 0.6) is 0 Å². The highest BCUT2D eigenvalue weighted by Gasteiger charge is 2.26. The number of hydrogen-bond donors (Lipinski definition) is 0. The maximum Gasteiger partial charge on any atom is 0.191 e. The lowest BCUT2D eigenvalue weighted by Crippen LogP contribution is -1.93. The first-order chi connectivity index (χ1) is 20.0. The summed E-state index contributed by atoms with van der Waals surface area (Å²) >= 11 is 3.53. The van der Waals surface area contributed by atoms with Gasteiger partial charge in [0, 0.05) is 31.2 Å². The third-order valence-electron chi connectivity index (χ3n) is 8.40. The van der Waals surface area contributed by atoms with E-state index in [-0.39, 0.29) is 0 Å². The average Bonchev–Trinajstić information content (AvgIpc) is 3.76. The Hall–Kier alpha value is -4.52. The van der Waals surface area contributed by atoms with Crippen molar-refractivity contribution in [3.05, 3.63) is 89.5 Å². The first-order valence-corrected chi connectivity index (χ1v) is 15.3. The number of rotatable bonds is 1. The second-order valence-electron chi connectivity index (χ2n) is 11.2. The molecule has 0 N–H and O–H groups in total. The van der Waals surface area contributed by atoms with Crippen molar-refractivity contribution < 1.29 is 13.3 Å². The average molecular weight is 568 g/mol. The SMILES string of the molecule is Cc1ccc(-n2c3c4cc5oc6c(oc7c8ccc(C)cc8sc76)c5cc4oc3c3sc4cc(C)ccc4c32)cc1. The summed E-state index contributed by atoms with van der Waals surface area (Å²) in [6.07, 6.45) is 0. The van der Waals surface area contributed by atoms with Gasteiger partial charge in [-0.25, -0.2) is 0 Å². The fraction of sp³-hybridized carbons (Fsp3) is 0.0857. The second-order valence-corrected chi connectivity index (χ2v) is 13.3. The Morgan fingerprint density at radius 2 is 1.12 bits per heavy atom. The second kappa shape index (κ2) is 7.40. The molecule has 0 fully saturated rings.